The number of carbonyl (C=O) groups is 3. The highest BCUT2D eigenvalue weighted by Crippen LogP contribution is 2.32. The molecule has 13 nitrogen and oxygen atoms in total. The summed E-state index contributed by atoms with van der Waals surface area (Å²) in [6.45, 7) is 9.71. The van der Waals surface area contributed by atoms with Gasteiger partial charge in [-0.2, -0.15) is 0 Å². The third kappa shape index (κ3) is 9.07. The lowest BCUT2D eigenvalue weighted by molar-refractivity contribution is -0.130. The molecule has 276 valence electrons. The second-order valence-corrected chi connectivity index (χ2v) is 15.1. The molecule has 4 aromatic rings. The zero-order chi connectivity index (χ0) is 37.0. The number of likely N-dealkylation sites (N-methyl/N-ethyl adjacent to an activating group) is 1. The maximum absolute atomic E-state index is 14.3. The molecule has 2 aromatic heterocycles. The number of nitrogens with two attached hydrogens (primary N) is 1. The summed E-state index contributed by atoms with van der Waals surface area (Å²) in [6.07, 6.45) is 4.13. The fourth-order valence-electron chi connectivity index (χ4n) is 7.05. The van der Waals surface area contributed by atoms with Gasteiger partial charge >= 0.3 is 11.8 Å². The van der Waals surface area contributed by atoms with Gasteiger partial charge in [0.25, 0.3) is 5.91 Å². The van der Waals surface area contributed by atoms with Crippen molar-refractivity contribution in [3.05, 3.63) is 76.8 Å². The molecule has 2 aliphatic rings. The highest BCUT2D eigenvalue weighted by molar-refractivity contribution is 6.17. The molecule has 1 atom stereocenters. The van der Waals surface area contributed by atoms with Crippen LogP contribution in [0.5, 0.6) is 0 Å². The Morgan fingerprint density at radius 1 is 0.962 bits per heavy atom. The van der Waals surface area contributed by atoms with Crippen LogP contribution in [0.15, 0.2) is 65.6 Å². The molecule has 0 unspecified atom stereocenters. The van der Waals surface area contributed by atoms with Gasteiger partial charge in [0.1, 0.15) is 11.4 Å². The number of hydrogen-bond donors (Lipinski definition) is 4. The molecule has 3 heterocycles. The summed E-state index contributed by atoms with van der Waals surface area (Å²) in [5.74, 6) is -0.110. The van der Waals surface area contributed by atoms with E-state index in [-0.39, 0.29) is 23.9 Å². The zero-order valence-electron chi connectivity index (χ0n) is 30.5. The predicted molar refractivity (Wildman–Crippen MR) is 202 cm³/mol. The van der Waals surface area contributed by atoms with Crippen molar-refractivity contribution in [3.63, 3.8) is 0 Å². The quantitative estimate of drug-likeness (QED) is 0.196. The number of H-pyrrole nitrogens is 2. The van der Waals surface area contributed by atoms with Crippen LogP contribution in [0.25, 0.3) is 22.2 Å². The number of nitrogens with zero attached hydrogens (tertiary/aromatic N) is 4. The maximum atomic E-state index is 14.3. The molecule has 0 spiro atoms. The van der Waals surface area contributed by atoms with Gasteiger partial charge in [0.05, 0.1) is 22.8 Å². The van der Waals surface area contributed by atoms with Crippen molar-refractivity contribution in [2.75, 3.05) is 49.6 Å². The molecule has 3 amide bonds. The van der Waals surface area contributed by atoms with Crippen LogP contribution in [0.1, 0.15) is 52.0 Å². The molecule has 6 rings (SSSR count). The van der Waals surface area contributed by atoms with E-state index in [4.69, 9.17) is 10.5 Å². The highest BCUT2D eigenvalue weighted by Gasteiger charge is 2.36. The van der Waals surface area contributed by atoms with E-state index in [0.717, 1.165) is 48.7 Å². The Kier molecular flexibility index (Phi) is 11.1. The van der Waals surface area contributed by atoms with Crippen LogP contribution in [0, 0.1) is 11.8 Å². The molecule has 1 aliphatic carbocycles. The fourth-order valence-corrected chi connectivity index (χ4v) is 7.05. The van der Waals surface area contributed by atoms with Crippen molar-refractivity contribution >= 4 is 40.4 Å². The van der Waals surface area contributed by atoms with Crippen LogP contribution in [0.2, 0.25) is 0 Å². The number of alkyl carbamates (subject to hydrolysis) is 1. The summed E-state index contributed by atoms with van der Waals surface area (Å²) in [4.78, 5) is 68.6. The van der Waals surface area contributed by atoms with Crippen molar-refractivity contribution in [3.8, 4) is 11.1 Å². The summed E-state index contributed by atoms with van der Waals surface area (Å²) in [7, 11) is 2.13. The molecular weight excluding hydrogens is 660 g/mol. The number of pyridine rings is 1. The van der Waals surface area contributed by atoms with Gasteiger partial charge in [-0.15, -0.1) is 0 Å². The fraction of sp³-hybridized carbons (Fsp3) is 0.462. The number of amides is 3. The molecule has 52 heavy (non-hydrogen) atoms. The second-order valence-electron chi connectivity index (χ2n) is 15.1. The molecule has 5 N–H and O–H groups in total. The molecule has 1 aliphatic heterocycles. The van der Waals surface area contributed by atoms with Crippen molar-refractivity contribution < 1.29 is 19.1 Å². The van der Waals surface area contributed by atoms with Gasteiger partial charge in [-0.25, -0.2) is 19.5 Å². The standard InChI is InChI=1S/C39H50N8O5/c1-39(2,3)52-38(51)42-24-25-8-10-27(11-9-25)35(48)47(30-12-13-32-33(23-30)44-37(50)43-32)36(49)31(40)21-26-6-5-7-28(20-26)29-14-15-41-34(22-29)46-18-16-45(4)17-19-46/h5-7,12-15,20,22-23,25,27,31H,8-11,16-19,21,24,40H2,1-4H3,(H,42,51)(H2,43,44,50)/t25?,27?,31-/m0/s1. The number of aromatic nitrogens is 3. The van der Waals surface area contributed by atoms with E-state index in [1.165, 1.54) is 4.90 Å². The van der Waals surface area contributed by atoms with Crippen LogP contribution < -0.4 is 26.5 Å². The molecule has 1 saturated carbocycles. The number of nitrogens with one attached hydrogen (secondary N) is 3. The number of piperazine rings is 1. The number of ether oxygens (including phenoxy) is 1. The first-order valence-electron chi connectivity index (χ1n) is 18.1. The van der Waals surface area contributed by atoms with Crippen LogP contribution in [0.4, 0.5) is 16.3 Å². The van der Waals surface area contributed by atoms with Gasteiger partial charge in [0.2, 0.25) is 5.91 Å². The van der Waals surface area contributed by atoms with Crippen molar-refractivity contribution in [2.24, 2.45) is 17.6 Å². The zero-order valence-corrected chi connectivity index (χ0v) is 30.5. The van der Waals surface area contributed by atoms with E-state index in [9.17, 15) is 19.2 Å². The van der Waals surface area contributed by atoms with E-state index >= 15 is 0 Å². The first-order valence-corrected chi connectivity index (χ1v) is 18.1. The molecule has 0 radical (unpaired) electrons. The van der Waals surface area contributed by atoms with E-state index in [1.807, 2.05) is 57.3 Å². The number of rotatable bonds is 9. The van der Waals surface area contributed by atoms with Gasteiger partial charge < -0.3 is 35.6 Å². The minimum atomic E-state index is -1.01. The van der Waals surface area contributed by atoms with Crippen molar-refractivity contribution in [1.82, 2.24) is 25.2 Å². The first kappa shape index (κ1) is 36.8. The van der Waals surface area contributed by atoms with Crippen LogP contribution in [-0.2, 0) is 20.7 Å². The van der Waals surface area contributed by atoms with Crippen molar-refractivity contribution in [1.29, 1.82) is 0 Å². The van der Waals surface area contributed by atoms with Gasteiger partial charge in [0.15, 0.2) is 0 Å². The number of hydrogen-bond acceptors (Lipinski definition) is 9. The van der Waals surface area contributed by atoms with E-state index in [2.05, 4.69) is 43.2 Å². The van der Waals surface area contributed by atoms with Crippen LogP contribution >= 0.6 is 0 Å². The Morgan fingerprint density at radius 2 is 1.67 bits per heavy atom. The Balaban J connectivity index is 1.17. The Labute approximate surface area is 303 Å². The monoisotopic (exact) mass is 710 g/mol. The lowest BCUT2D eigenvalue weighted by atomic mass is 9.81. The smallest absolute Gasteiger partial charge is 0.407 e. The summed E-state index contributed by atoms with van der Waals surface area (Å²) in [5.41, 5.74) is 9.97. The lowest BCUT2D eigenvalue weighted by Gasteiger charge is -2.33. The Morgan fingerprint density at radius 3 is 2.40 bits per heavy atom. The number of aromatic amines is 2. The third-order valence-corrected chi connectivity index (χ3v) is 9.93. The van der Waals surface area contributed by atoms with E-state index in [0.29, 0.717) is 48.9 Å². The van der Waals surface area contributed by atoms with Crippen LogP contribution in [0.3, 0.4) is 0 Å². The normalized spacial score (nSPS) is 18.9. The highest BCUT2D eigenvalue weighted by atomic mass is 16.6. The number of carbonyl (C=O) groups excluding carboxylic acids is 3. The number of benzene rings is 2. The third-order valence-electron chi connectivity index (χ3n) is 9.93. The topological polar surface area (TPSA) is 170 Å². The van der Waals surface area contributed by atoms with Gasteiger partial charge in [-0.05, 0) is 113 Å². The molecule has 2 aromatic carbocycles. The summed E-state index contributed by atoms with van der Waals surface area (Å²) in [5, 5.41) is 2.84. The van der Waals surface area contributed by atoms with Crippen LogP contribution in [-0.4, -0.2) is 89.2 Å². The molecular formula is C39H50N8O5. The van der Waals surface area contributed by atoms with Gasteiger partial charge in [-0.3, -0.25) is 9.59 Å². The average molecular weight is 711 g/mol. The average Bonchev–Trinajstić information content (AvgIpc) is 3.50. The lowest BCUT2D eigenvalue weighted by Crippen LogP contribution is -2.50. The van der Waals surface area contributed by atoms with E-state index < -0.39 is 29.6 Å². The van der Waals surface area contributed by atoms with Gasteiger partial charge in [0, 0.05) is 44.8 Å². The minimum Gasteiger partial charge on any atom is -0.444 e. The minimum absolute atomic E-state index is 0.189. The molecule has 1 saturated heterocycles. The Hall–Kier alpha value is -5.01. The maximum Gasteiger partial charge on any atom is 0.407 e. The molecule has 13 heteroatoms. The Bertz CT molecular complexity index is 1950. The number of imide groups is 1. The second kappa shape index (κ2) is 15.7. The van der Waals surface area contributed by atoms with Crippen molar-refractivity contribution in [2.45, 2.75) is 64.5 Å². The molecule has 0 bridgehead atoms. The number of imidazole rings is 1. The van der Waals surface area contributed by atoms with E-state index in [1.54, 1.807) is 18.2 Å². The largest absolute Gasteiger partial charge is 0.444 e. The van der Waals surface area contributed by atoms with Gasteiger partial charge in [-0.1, -0.05) is 24.3 Å². The number of fused-ring (bicyclic) bond motifs is 1. The number of anilines is 2. The summed E-state index contributed by atoms with van der Waals surface area (Å²) in [6, 6.07) is 16.0. The summed E-state index contributed by atoms with van der Waals surface area (Å²) < 4.78 is 5.36. The summed E-state index contributed by atoms with van der Waals surface area (Å²) >= 11 is 0. The molecule has 2 fully saturated rings. The predicted octanol–water partition coefficient (Wildman–Crippen LogP) is 4.43. The SMILES string of the molecule is CN1CCN(c2cc(-c3cccc(C[C@H](N)C(=O)N(C(=O)C4CCC(CNC(=O)OC(C)(C)C)CC4)c4ccc5[nH]c(=O)[nH]c5c4)c3)ccn2)CC1. The first-order chi connectivity index (χ1) is 24.8.